The Morgan fingerprint density at radius 2 is 0.931 bits per heavy atom. The minimum Gasteiger partial charge on any atom is -1.00 e. The van der Waals surface area contributed by atoms with Gasteiger partial charge in [0, 0.05) is 0 Å². The van der Waals surface area contributed by atoms with Crippen LogP contribution in [0.3, 0.4) is 0 Å². The van der Waals surface area contributed by atoms with Gasteiger partial charge in [-0.25, -0.2) is 0 Å². The minimum absolute atomic E-state index is 0. The Morgan fingerprint density at radius 1 is 0.517 bits per heavy atom. The summed E-state index contributed by atoms with van der Waals surface area (Å²) in [6.45, 7) is 0. The predicted octanol–water partition coefficient (Wildman–Crippen LogP) is 3.53. The normalized spacial score (nSPS) is 11.2. The van der Waals surface area contributed by atoms with Crippen LogP contribution in [-0.2, 0) is 6.16 Å². The summed E-state index contributed by atoms with van der Waals surface area (Å²) in [4.78, 5) is 0. The van der Waals surface area contributed by atoms with Crippen LogP contribution in [0.4, 0.5) is 0 Å². The van der Waals surface area contributed by atoms with Gasteiger partial charge < -0.3 is 17.0 Å². The van der Waals surface area contributed by atoms with Gasteiger partial charge in [-0.15, -0.1) is 0 Å². The average Bonchev–Trinajstić information content (AvgIpc) is 2.79. The highest BCUT2D eigenvalue weighted by Gasteiger charge is 2.40. The van der Waals surface area contributed by atoms with E-state index in [4.69, 9.17) is 0 Å². The fourth-order valence-corrected chi connectivity index (χ4v) is 7.33. The van der Waals surface area contributed by atoms with E-state index in [1.54, 1.807) is 0 Å². The van der Waals surface area contributed by atoms with E-state index in [2.05, 4.69) is 133 Å². The molecule has 0 saturated heterocycles. The average molecular weight is 459 g/mol. The Bertz CT molecular complexity index is 974. The van der Waals surface area contributed by atoms with E-state index >= 15 is 0 Å². The number of hydrogen-bond donors (Lipinski definition) is 0. The zero-order chi connectivity index (χ0) is 19.1. The van der Waals surface area contributed by atoms with Crippen LogP contribution >= 0.6 is 7.26 Å². The van der Waals surface area contributed by atoms with Gasteiger partial charge in [0.2, 0.25) is 0 Å². The van der Waals surface area contributed by atoms with E-state index in [0.29, 0.717) is 0 Å². The third-order valence-corrected chi connectivity index (χ3v) is 8.99. The summed E-state index contributed by atoms with van der Waals surface area (Å²) < 4.78 is 0. The molecule has 0 bridgehead atoms. The second-order valence-electron chi connectivity index (χ2n) is 6.91. The number of rotatable bonds is 6. The molecular formula is C27H24BrP. The zero-order valence-corrected chi connectivity index (χ0v) is 18.7. The Morgan fingerprint density at radius 3 is 1.41 bits per heavy atom. The Balaban J connectivity index is 0.00000240. The maximum absolute atomic E-state index is 2.49. The first-order chi connectivity index (χ1) is 13.9. The van der Waals surface area contributed by atoms with Crippen LogP contribution in [0, 0.1) is 0 Å². The monoisotopic (exact) mass is 458 g/mol. The smallest absolute Gasteiger partial charge is 0.109 e. The summed E-state index contributed by atoms with van der Waals surface area (Å²) in [6, 6.07) is 43.5. The van der Waals surface area contributed by atoms with Crippen molar-refractivity contribution in [2.45, 2.75) is 6.16 Å². The zero-order valence-electron chi connectivity index (χ0n) is 16.2. The molecule has 0 nitrogen and oxygen atoms in total. The molecule has 4 rings (SSSR count). The quantitative estimate of drug-likeness (QED) is 0.387. The summed E-state index contributed by atoms with van der Waals surface area (Å²) in [6.07, 6.45) is 3.32. The lowest BCUT2D eigenvalue weighted by Crippen LogP contribution is -3.00. The standard InChI is InChI=1S/C27H24P.BrH/c1-5-13-24(14-6-1)21-22-28(26-17-9-3-10-18-26,27-19-11-4-12-20-27)23-25-15-7-2-8-16-25;/h1-22H,23H2;1H/q+1;/p-1/b22-21+;. The Kier molecular flexibility index (Phi) is 7.58. The molecule has 4 aromatic rings. The molecule has 0 aliphatic carbocycles. The van der Waals surface area contributed by atoms with Crippen LogP contribution in [0.1, 0.15) is 11.1 Å². The summed E-state index contributed by atoms with van der Waals surface area (Å²) in [7, 11) is -1.77. The van der Waals surface area contributed by atoms with Gasteiger partial charge >= 0.3 is 0 Å². The Hall–Kier alpha value is -2.47. The summed E-state index contributed by atoms with van der Waals surface area (Å²) in [5.41, 5.74) is 2.62. The first-order valence-corrected chi connectivity index (χ1v) is 11.7. The van der Waals surface area contributed by atoms with Crippen molar-refractivity contribution >= 4 is 23.9 Å². The van der Waals surface area contributed by atoms with Gasteiger partial charge in [-0.2, -0.15) is 0 Å². The molecular weight excluding hydrogens is 435 g/mol. The molecule has 0 spiro atoms. The molecule has 0 saturated carbocycles. The van der Waals surface area contributed by atoms with E-state index in [9.17, 15) is 0 Å². The third-order valence-electron chi connectivity index (χ3n) is 5.03. The van der Waals surface area contributed by atoms with Crippen LogP contribution in [0.2, 0.25) is 0 Å². The summed E-state index contributed by atoms with van der Waals surface area (Å²) in [5, 5.41) is 2.83. The van der Waals surface area contributed by atoms with Crippen molar-refractivity contribution in [3.8, 4) is 0 Å². The van der Waals surface area contributed by atoms with Gasteiger partial charge in [0.05, 0.1) is 12.0 Å². The fourth-order valence-electron chi connectivity index (χ4n) is 3.59. The maximum Gasteiger partial charge on any atom is 0.109 e. The van der Waals surface area contributed by atoms with E-state index in [1.165, 1.54) is 21.7 Å². The van der Waals surface area contributed by atoms with Gasteiger partial charge in [0.1, 0.15) is 17.9 Å². The SMILES string of the molecule is C(=C\[P+](Cc1ccccc1)(c1ccccc1)c1ccccc1)/c1ccccc1.[Br-]. The molecule has 29 heavy (non-hydrogen) atoms. The lowest BCUT2D eigenvalue weighted by molar-refractivity contribution is -0.00000542. The molecule has 0 aromatic heterocycles. The van der Waals surface area contributed by atoms with Crippen LogP contribution < -0.4 is 27.6 Å². The van der Waals surface area contributed by atoms with Crippen molar-refractivity contribution < 1.29 is 17.0 Å². The third kappa shape index (κ3) is 5.12. The van der Waals surface area contributed by atoms with Crippen molar-refractivity contribution in [1.29, 1.82) is 0 Å². The van der Waals surface area contributed by atoms with E-state index < -0.39 is 7.26 Å². The van der Waals surface area contributed by atoms with Crippen molar-refractivity contribution in [2.24, 2.45) is 0 Å². The highest BCUT2D eigenvalue weighted by Crippen LogP contribution is 2.61. The predicted molar refractivity (Wildman–Crippen MR) is 125 cm³/mol. The highest BCUT2D eigenvalue weighted by atomic mass is 79.9. The molecule has 0 atom stereocenters. The lowest BCUT2D eigenvalue weighted by Gasteiger charge is -2.24. The lowest BCUT2D eigenvalue weighted by atomic mass is 10.2. The van der Waals surface area contributed by atoms with E-state index in [-0.39, 0.29) is 17.0 Å². The molecule has 144 valence electrons. The van der Waals surface area contributed by atoms with Crippen molar-refractivity contribution in [3.05, 3.63) is 138 Å². The molecule has 0 fully saturated rings. The molecule has 0 amide bonds. The molecule has 0 heterocycles. The second-order valence-corrected chi connectivity index (χ2v) is 10.3. The largest absolute Gasteiger partial charge is 1.00 e. The number of benzene rings is 4. The highest BCUT2D eigenvalue weighted by molar-refractivity contribution is 7.91. The Labute approximate surface area is 185 Å². The molecule has 2 heteroatoms. The summed E-state index contributed by atoms with van der Waals surface area (Å²) in [5.74, 6) is 2.49. The van der Waals surface area contributed by atoms with Gasteiger partial charge in [-0.05, 0) is 41.5 Å². The summed E-state index contributed by atoms with van der Waals surface area (Å²) >= 11 is 0. The molecule has 0 unspecified atom stereocenters. The molecule has 0 aliphatic heterocycles. The van der Waals surface area contributed by atoms with Gasteiger partial charge in [0.25, 0.3) is 0 Å². The van der Waals surface area contributed by atoms with Crippen LogP contribution in [0.15, 0.2) is 127 Å². The van der Waals surface area contributed by atoms with Crippen LogP contribution in [0.25, 0.3) is 6.08 Å². The van der Waals surface area contributed by atoms with Crippen molar-refractivity contribution in [2.75, 3.05) is 0 Å². The van der Waals surface area contributed by atoms with Gasteiger partial charge in [-0.1, -0.05) is 97.1 Å². The molecule has 4 aromatic carbocycles. The first-order valence-electron chi connectivity index (χ1n) is 9.64. The number of hydrogen-bond acceptors (Lipinski definition) is 0. The van der Waals surface area contributed by atoms with Crippen LogP contribution in [-0.4, -0.2) is 0 Å². The van der Waals surface area contributed by atoms with Crippen LogP contribution in [0.5, 0.6) is 0 Å². The first kappa shape index (κ1) is 21.2. The number of halogens is 1. The molecule has 0 radical (unpaired) electrons. The molecule has 0 aliphatic rings. The van der Waals surface area contributed by atoms with Gasteiger partial charge in [0.15, 0.2) is 0 Å². The van der Waals surface area contributed by atoms with Crippen molar-refractivity contribution in [3.63, 3.8) is 0 Å². The van der Waals surface area contributed by atoms with Gasteiger partial charge in [-0.3, -0.25) is 0 Å². The topological polar surface area (TPSA) is 0 Å². The molecule has 0 N–H and O–H groups in total. The maximum atomic E-state index is 2.49. The van der Waals surface area contributed by atoms with Crippen molar-refractivity contribution in [1.82, 2.24) is 0 Å². The van der Waals surface area contributed by atoms with E-state index in [0.717, 1.165) is 6.16 Å². The van der Waals surface area contributed by atoms with E-state index in [1.807, 2.05) is 0 Å². The minimum atomic E-state index is -1.77. The second kappa shape index (κ2) is 10.3. The fraction of sp³-hybridized carbons (Fsp3) is 0.0370.